The van der Waals surface area contributed by atoms with Crippen molar-refractivity contribution < 1.29 is 16.8 Å². The van der Waals surface area contributed by atoms with Crippen molar-refractivity contribution in [2.75, 3.05) is 38.4 Å². The Kier molecular flexibility index (Phi) is 5.78. The lowest BCUT2D eigenvalue weighted by molar-refractivity contribution is 0.244. The number of hydrogen-bond acceptors (Lipinski definition) is 5. The molecule has 1 fully saturated rings. The Bertz CT molecular complexity index is 487. The maximum Gasteiger partial charge on any atom is 0.211 e. The molecule has 114 valence electrons. The van der Waals surface area contributed by atoms with Crippen LogP contribution < -0.4 is 5.32 Å². The van der Waals surface area contributed by atoms with E-state index in [1.54, 1.807) is 7.05 Å². The van der Waals surface area contributed by atoms with E-state index in [9.17, 15) is 16.8 Å². The molecule has 8 heteroatoms. The Labute approximate surface area is 116 Å². The average molecular weight is 312 g/mol. The summed E-state index contributed by atoms with van der Waals surface area (Å²) in [6.45, 7) is 1.08. The zero-order chi connectivity index (χ0) is 14.7. The van der Waals surface area contributed by atoms with Gasteiger partial charge in [-0.3, -0.25) is 0 Å². The number of sulfonamides is 1. The minimum Gasteiger partial charge on any atom is -0.316 e. The van der Waals surface area contributed by atoms with Crippen molar-refractivity contribution in [2.45, 2.75) is 25.3 Å². The van der Waals surface area contributed by atoms with Gasteiger partial charge < -0.3 is 5.32 Å². The highest BCUT2D eigenvalue weighted by atomic mass is 32.2. The predicted molar refractivity (Wildman–Crippen MR) is 76.3 cm³/mol. The maximum absolute atomic E-state index is 11.5. The fourth-order valence-electron chi connectivity index (χ4n) is 2.56. The minimum atomic E-state index is -3.14. The van der Waals surface area contributed by atoms with E-state index < -0.39 is 19.9 Å². The smallest absolute Gasteiger partial charge is 0.211 e. The number of hydrogen-bond donors (Lipinski definition) is 1. The monoisotopic (exact) mass is 312 g/mol. The van der Waals surface area contributed by atoms with Crippen molar-refractivity contribution in [3.8, 4) is 0 Å². The van der Waals surface area contributed by atoms with Gasteiger partial charge >= 0.3 is 0 Å². The summed E-state index contributed by atoms with van der Waals surface area (Å²) in [4.78, 5) is 0. The molecule has 1 rings (SSSR count). The van der Waals surface area contributed by atoms with Crippen LogP contribution in [0.4, 0.5) is 0 Å². The Balaban J connectivity index is 2.60. The van der Waals surface area contributed by atoms with Crippen LogP contribution in [-0.2, 0) is 19.9 Å². The van der Waals surface area contributed by atoms with Gasteiger partial charge in [0.05, 0.1) is 12.0 Å². The quantitative estimate of drug-likeness (QED) is 0.727. The van der Waals surface area contributed by atoms with E-state index in [0.29, 0.717) is 19.5 Å². The van der Waals surface area contributed by atoms with Crippen molar-refractivity contribution in [1.29, 1.82) is 0 Å². The van der Waals surface area contributed by atoms with Crippen LogP contribution in [0, 0.1) is 5.92 Å². The van der Waals surface area contributed by atoms with E-state index in [0.717, 1.165) is 12.8 Å². The SMILES string of the molecule is CNC(CC1CCCN(S(C)(=O)=O)C1)CS(C)(=O)=O. The van der Waals surface area contributed by atoms with Crippen LogP contribution in [0.2, 0.25) is 0 Å². The third kappa shape index (κ3) is 6.20. The van der Waals surface area contributed by atoms with Gasteiger partial charge in [0.25, 0.3) is 0 Å². The van der Waals surface area contributed by atoms with Crippen LogP contribution in [-0.4, -0.2) is 65.6 Å². The van der Waals surface area contributed by atoms with Gasteiger partial charge in [-0.2, -0.15) is 0 Å². The molecule has 6 nitrogen and oxygen atoms in total. The summed E-state index contributed by atoms with van der Waals surface area (Å²) in [5.41, 5.74) is 0. The molecule has 1 aliphatic rings. The molecule has 0 aromatic heterocycles. The molecule has 1 heterocycles. The maximum atomic E-state index is 11.5. The molecule has 0 saturated carbocycles. The van der Waals surface area contributed by atoms with Gasteiger partial charge in [-0.25, -0.2) is 21.1 Å². The molecule has 0 amide bonds. The summed E-state index contributed by atoms with van der Waals surface area (Å²) >= 11 is 0. The third-order valence-corrected chi connectivity index (χ3v) is 5.76. The van der Waals surface area contributed by atoms with Gasteiger partial charge in [-0.05, 0) is 32.2 Å². The normalized spacial score (nSPS) is 24.3. The number of nitrogens with one attached hydrogen (secondary N) is 1. The fourth-order valence-corrected chi connectivity index (χ4v) is 4.53. The van der Waals surface area contributed by atoms with Crippen molar-refractivity contribution in [3.05, 3.63) is 0 Å². The molecule has 19 heavy (non-hydrogen) atoms. The second kappa shape index (κ2) is 6.51. The zero-order valence-corrected chi connectivity index (χ0v) is 13.4. The van der Waals surface area contributed by atoms with Crippen molar-refractivity contribution >= 4 is 19.9 Å². The van der Waals surface area contributed by atoms with E-state index in [1.165, 1.54) is 16.8 Å². The molecule has 1 N–H and O–H groups in total. The summed E-state index contributed by atoms with van der Waals surface area (Å²) in [7, 11) is -4.42. The first-order valence-electron chi connectivity index (χ1n) is 6.42. The van der Waals surface area contributed by atoms with Gasteiger partial charge in [-0.1, -0.05) is 0 Å². The van der Waals surface area contributed by atoms with E-state index in [4.69, 9.17) is 0 Å². The van der Waals surface area contributed by atoms with Gasteiger partial charge in [0.15, 0.2) is 0 Å². The van der Waals surface area contributed by atoms with Crippen LogP contribution in [0.1, 0.15) is 19.3 Å². The first-order valence-corrected chi connectivity index (χ1v) is 10.3. The Morgan fingerprint density at radius 3 is 2.37 bits per heavy atom. The molecular weight excluding hydrogens is 288 g/mol. The first-order chi connectivity index (χ1) is 8.62. The third-order valence-electron chi connectivity index (χ3n) is 3.48. The van der Waals surface area contributed by atoms with Gasteiger partial charge in [0, 0.05) is 25.4 Å². The van der Waals surface area contributed by atoms with E-state index >= 15 is 0 Å². The molecule has 2 atom stereocenters. The molecule has 2 unspecified atom stereocenters. The summed E-state index contributed by atoms with van der Waals surface area (Å²) in [6, 6.07) is -0.112. The second-order valence-electron chi connectivity index (χ2n) is 5.44. The Morgan fingerprint density at radius 1 is 1.26 bits per heavy atom. The molecule has 0 bridgehead atoms. The van der Waals surface area contributed by atoms with Crippen LogP contribution in [0.25, 0.3) is 0 Å². The molecule has 0 aromatic carbocycles. The largest absolute Gasteiger partial charge is 0.316 e. The number of piperidine rings is 1. The molecular formula is C11H24N2O4S2. The zero-order valence-electron chi connectivity index (χ0n) is 11.8. The Hall–Kier alpha value is -0.180. The lowest BCUT2D eigenvalue weighted by Crippen LogP contribution is -2.42. The van der Waals surface area contributed by atoms with E-state index in [-0.39, 0.29) is 17.7 Å². The average Bonchev–Trinajstić information content (AvgIpc) is 2.25. The Morgan fingerprint density at radius 2 is 1.89 bits per heavy atom. The van der Waals surface area contributed by atoms with E-state index in [1.807, 2.05) is 0 Å². The second-order valence-corrected chi connectivity index (χ2v) is 9.61. The summed E-state index contributed by atoms with van der Waals surface area (Å²) in [5, 5.41) is 3.01. The molecule has 0 radical (unpaired) electrons. The van der Waals surface area contributed by atoms with Crippen molar-refractivity contribution in [3.63, 3.8) is 0 Å². The highest BCUT2D eigenvalue weighted by Crippen LogP contribution is 2.23. The van der Waals surface area contributed by atoms with Gasteiger partial charge in [0.1, 0.15) is 9.84 Å². The number of sulfone groups is 1. The van der Waals surface area contributed by atoms with Crippen LogP contribution in [0.5, 0.6) is 0 Å². The molecule has 0 aromatic rings. The van der Waals surface area contributed by atoms with Crippen LogP contribution in [0.3, 0.4) is 0 Å². The van der Waals surface area contributed by atoms with E-state index in [2.05, 4.69) is 5.32 Å². The topological polar surface area (TPSA) is 83.6 Å². The summed E-state index contributed by atoms with van der Waals surface area (Å²) in [6.07, 6.45) is 4.93. The highest BCUT2D eigenvalue weighted by Gasteiger charge is 2.28. The van der Waals surface area contributed by atoms with Gasteiger partial charge in [0.2, 0.25) is 10.0 Å². The lowest BCUT2D eigenvalue weighted by Gasteiger charge is -2.32. The summed E-state index contributed by atoms with van der Waals surface area (Å²) in [5.74, 6) is 0.321. The van der Waals surface area contributed by atoms with Gasteiger partial charge in [-0.15, -0.1) is 0 Å². The fraction of sp³-hybridized carbons (Fsp3) is 1.00. The minimum absolute atomic E-state index is 0.0961. The standard InChI is InChI=1S/C11H24N2O4S2/c1-12-11(9-18(2,14)15)7-10-5-4-6-13(8-10)19(3,16)17/h10-12H,4-9H2,1-3H3. The molecule has 0 spiro atoms. The number of nitrogens with zero attached hydrogens (tertiary/aromatic N) is 1. The highest BCUT2D eigenvalue weighted by molar-refractivity contribution is 7.90. The predicted octanol–water partition coefficient (Wildman–Crippen LogP) is -0.319. The number of rotatable bonds is 6. The lowest BCUT2D eigenvalue weighted by atomic mass is 9.93. The van der Waals surface area contributed by atoms with Crippen molar-refractivity contribution in [1.82, 2.24) is 9.62 Å². The molecule has 1 saturated heterocycles. The van der Waals surface area contributed by atoms with Crippen LogP contribution >= 0.6 is 0 Å². The van der Waals surface area contributed by atoms with Crippen LogP contribution in [0.15, 0.2) is 0 Å². The first kappa shape index (κ1) is 16.9. The summed E-state index contributed by atoms with van der Waals surface area (Å²) < 4.78 is 47.2. The molecule has 0 aliphatic carbocycles. The molecule has 1 aliphatic heterocycles. The van der Waals surface area contributed by atoms with Crippen molar-refractivity contribution in [2.24, 2.45) is 5.92 Å².